The Hall–Kier alpha value is -2.28. The van der Waals surface area contributed by atoms with Gasteiger partial charge in [0.2, 0.25) is 10.9 Å². The van der Waals surface area contributed by atoms with Crippen LogP contribution in [0, 0.1) is 0 Å². The number of amides is 1. The highest BCUT2D eigenvalue weighted by Gasteiger charge is 2.11. The Labute approximate surface area is 119 Å². The molecule has 0 bridgehead atoms. The number of hydrogen-bond acceptors (Lipinski definition) is 5. The highest BCUT2D eigenvalue weighted by Crippen LogP contribution is 2.26. The van der Waals surface area contributed by atoms with E-state index in [4.69, 9.17) is 0 Å². The van der Waals surface area contributed by atoms with Crippen molar-refractivity contribution in [3.05, 3.63) is 30.1 Å². The summed E-state index contributed by atoms with van der Waals surface area (Å²) in [5, 5.41) is 16.3. The summed E-state index contributed by atoms with van der Waals surface area (Å²) in [7, 11) is 0. The largest absolute Gasteiger partial charge is 0.326 e. The molecule has 2 aromatic heterocycles. The predicted octanol–water partition coefficient (Wildman–Crippen LogP) is 2.37. The van der Waals surface area contributed by atoms with Crippen molar-refractivity contribution < 1.29 is 4.79 Å². The smallest absolute Gasteiger partial charge is 0.234 e. The fourth-order valence-corrected chi connectivity index (χ4v) is 2.76. The molecular weight excluding hydrogens is 274 g/mol. The van der Waals surface area contributed by atoms with Crippen LogP contribution in [0.4, 0.5) is 5.69 Å². The predicted molar refractivity (Wildman–Crippen MR) is 77.8 cm³/mol. The number of hydrogen-bond donors (Lipinski definition) is 1. The number of benzene rings is 1. The van der Waals surface area contributed by atoms with Crippen LogP contribution in [0.3, 0.4) is 0 Å². The van der Waals surface area contributed by atoms with E-state index in [1.54, 1.807) is 4.52 Å². The maximum Gasteiger partial charge on any atom is 0.234 e. The van der Waals surface area contributed by atoms with Crippen LogP contribution in [0.25, 0.3) is 15.5 Å². The third-order valence-electron chi connectivity index (χ3n) is 2.82. The quantitative estimate of drug-likeness (QED) is 0.802. The fourth-order valence-electron chi connectivity index (χ4n) is 1.89. The molecule has 3 rings (SSSR count). The summed E-state index contributed by atoms with van der Waals surface area (Å²) in [6.45, 7) is 3.51. The maximum absolute atomic E-state index is 11.0. The van der Waals surface area contributed by atoms with Crippen LogP contribution < -0.4 is 5.32 Å². The topological polar surface area (TPSA) is 72.2 Å². The average Bonchev–Trinajstić information content (AvgIpc) is 2.98. The third-order valence-corrected chi connectivity index (χ3v) is 3.77. The Morgan fingerprint density at radius 2 is 2.05 bits per heavy atom. The summed E-state index contributed by atoms with van der Waals surface area (Å²) < 4.78 is 1.78. The third kappa shape index (κ3) is 2.27. The number of anilines is 1. The van der Waals surface area contributed by atoms with Gasteiger partial charge >= 0.3 is 0 Å². The number of fused-ring (bicyclic) bond motifs is 1. The molecule has 0 aliphatic carbocycles. The summed E-state index contributed by atoms with van der Waals surface area (Å²) in [5.41, 5.74) is 1.77. The van der Waals surface area contributed by atoms with E-state index in [-0.39, 0.29) is 5.91 Å². The molecule has 0 saturated heterocycles. The van der Waals surface area contributed by atoms with Gasteiger partial charge in [-0.1, -0.05) is 18.3 Å². The molecule has 102 valence electrons. The molecule has 7 heteroatoms. The minimum Gasteiger partial charge on any atom is -0.326 e. The minimum absolute atomic E-state index is 0.0795. The molecule has 20 heavy (non-hydrogen) atoms. The van der Waals surface area contributed by atoms with Gasteiger partial charge in [0.15, 0.2) is 5.82 Å². The Morgan fingerprint density at radius 3 is 2.70 bits per heavy atom. The average molecular weight is 287 g/mol. The zero-order valence-electron chi connectivity index (χ0n) is 11.1. The van der Waals surface area contributed by atoms with Gasteiger partial charge in [-0.3, -0.25) is 4.79 Å². The van der Waals surface area contributed by atoms with E-state index in [9.17, 15) is 4.79 Å². The summed E-state index contributed by atoms with van der Waals surface area (Å²) >= 11 is 1.50. The number of nitrogens with zero attached hydrogens (tertiary/aromatic N) is 4. The van der Waals surface area contributed by atoms with E-state index in [0.717, 1.165) is 33.5 Å². The second-order valence-corrected chi connectivity index (χ2v) is 5.29. The Balaban J connectivity index is 1.94. The van der Waals surface area contributed by atoms with Gasteiger partial charge in [-0.05, 0) is 24.3 Å². The first-order valence-electron chi connectivity index (χ1n) is 6.26. The van der Waals surface area contributed by atoms with Crippen LogP contribution in [0.5, 0.6) is 0 Å². The van der Waals surface area contributed by atoms with Gasteiger partial charge in [-0.15, -0.1) is 10.2 Å². The van der Waals surface area contributed by atoms with E-state index in [2.05, 4.69) is 20.6 Å². The molecule has 3 aromatic rings. The number of aryl methyl sites for hydroxylation is 1. The summed E-state index contributed by atoms with van der Waals surface area (Å²) in [6.07, 6.45) is 0.797. The lowest BCUT2D eigenvalue weighted by Gasteiger charge is -2.02. The van der Waals surface area contributed by atoms with Crippen LogP contribution in [0.15, 0.2) is 24.3 Å². The number of carbonyl (C=O) groups excluding carboxylic acids is 1. The van der Waals surface area contributed by atoms with Gasteiger partial charge < -0.3 is 5.32 Å². The fraction of sp³-hybridized carbons (Fsp3) is 0.231. The monoisotopic (exact) mass is 287 g/mol. The summed E-state index contributed by atoms with van der Waals surface area (Å²) in [5.74, 6) is 0.779. The molecule has 1 amide bonds. The molecule has 2 heterocycles. The highest BCUT2D eigenvalue weighted by atomic mass is 32.1. The Morgan fingerprint density at radius 1 is 1.30 bits per heavy atom. The standard InChI is InChI=1S/C13H13N5OS/c1-3-11-15-16-13-18(11)17-12(20-13)9-4-6-10(7-5-9)14-8(2)19/h4-7H,3H2,1-2H3,(H,14,19). The van der Waals surface area contributed by atoms with E-state index in [0.29, 0.717) is 0 Å². The lowest BCUT2D eigenvalue weighted by atomic mass is 10.2. The maximum atomic E-state index is 11.0. The lowest BCUT2D eigenvalue weighted by molar-refractivity contribution is -0.114. The van der Waals surface area contributed by atoms with Crippen molar-refractivity contribution in [1.82, 2.24) is 19.8 Å². The second kappa shape index (κ2) is 5.01. The van der Waals surface area contributed by atoms with Crippen LogP contribution in [-0.4, -0.2) is 25.7 Å². The van der Waals surface area contributed by atoms with Crippen molar-refractivity contribution >= 4 is 27.9 Å². The van der Waals surface area contributed by atoms with Gasteiger partial charge in [-0.25, -0.2) is 0 Å². The molecule has 0 aliphatic rings. The zero-order valence-corrected chi connectivity index (χ0v) is 11.9. The van der Waals surface area contributed by atoms with E-state index in [1.807, 2.05) is 31.2 Å². The second-order valence-electron chi connectivity index (χ2n) is 4.33. The number of rotatable bonds is 3. The molecular formula is C13H13N5OS. The first-order chi connectivity index (χ1) is 9.67. The number of aromatic nitrogens is 4. The van der Waals surface area contributed by atoms with Crippen molar-refractivity contribution in [1.29, 1.82) is 0 Å². The van der Waals surface area contributed by atoms with E-state index < -0.39 is 0 Å². The molecule has 0 radical (unpaired) electrons. The van der Waals surface area contributed by atoms with Crippen molar-refractivity contribution in [2.75, 3.05) is 5.32 Å². The normalized spacial score (nSPS) is 10.9. The van der Waals surface area contributed by atoms with Crippen molar-refractivity contribution in [3.63, 3.8) is 0 Å². The van der Waals surface area contributed by atoms with Gasteiger partial charge in [0.05, 0.1) is 0 Å². The molecule has 1 aromatic carbocycles. The molecule has 0 saturated carbocycles. The zero-order chi connectivity index (χ0) is 14.1. The van der Waals surface area contributed by atoms with Crippen LogP contribution in [0.1, 0.15) is 19.7 Å². The summed E-state index contributed by atoms with van der Waals surface area (Å²) in [6, 6.07) is 7.59. The molecule has 6 nitrogen and oxygen atoms in total. The first kappa shape index (κ1) is 12.7. The molecule has 0 aliphatic heterocycles. The van der Waals surface area contributed by atoms with Gasteiger partial charge in [0.1, 0.15) is 5.01 Å². The Kier molecular flexibility index (Phi) is 3.19. The molecule has 0 fully saturated rings. The highest BCUT2D eigenvalue weighted by molar-refractivity contribution is 7.19. The molecule has 1 N–H and O–H groups in total. The van der Waals surface area contributed by atoms with Crippen LogP contribution >= 0.6 is 11.3 Å². The SMILES string of the molecule is CCc1nnc2sc(-c3ccc(NC(C)=O)cc3)nn12. The summed E-state index contributed by atoms with van der Waals surface area (Å²) in [4.78, 5) is 11.8. The van der Waals surface area contributed by atoms with Gasteiger partial charge in [-0.2, -0.15) is 9.61 Å². The van der Waals surface area contributed by atoms with Crippen molar-refractivity contribution in [3.8, 4) is 10.6 Å². The number of carbonyl (C=O) groups is 1. The van der Waals surface area contributed by atoms with Crippen molar-refractivity contribution in [2.45, 2.75) is 20.3 Å². The van der Waals surface area contributed by atoms with Gasteiger partial charge in [0.25, 0.3) is 0 Å². The lowest BCUT2D eigenvalue weighted by Crippen LogP contribution is -2.05. The first-order valence-corrected chi connectivity index (χ1v) is 7.08. The van der Waals surface area contributed by atoms with E-state index >= 15 is 0 Å². The number of nitrogens with one attached hydrogen (secondary N) is 1. The van der Waals surface area contributed by atoms with Crippen molar-refractivity contribution in [2.24, 2.45) is 0 Å². The van der Waals surface area contributed by atoms with Crippen LogP contribution in [0.2, 0.25) is 0 Å². The molecule has 0 unspecified atom stereocenters. The van der Waals surface area contributed by atoms with Gasteiger partial charge in [0, 0.05) is 24.6 Å². The van der Waals surface area contributed by atoms with Crippen LogP contribution in [-0.2, 0) is 11.2 Å². The minimum atomic E-state index is -0.0795. The Bertz CT molecular complexity index is 759. The molecule has 0 atom stereocenters. The van der Waals surface area contributed by atoms with E-state index in [1.165, 1.54) is 18.3 Å². The molecule has 0 spiro atoms.